The average molecular weight is 496 g/mol. The number of hydrogen-bond acceptors (Lipinski definition) is 5. The normalized spacial score (nSPS) is 16.0. The number of methoxy groups -OCH3 is 1. The number of hydrogen-bond donors (Lipinski definition) is 1. The van der Waals surface area contributed by atoms with Gasteiger partial charge in [-0.3, -0.25) is 4.79 Å². The Morgan fingerprint density at radius 1 is 1.14 bits per heavy atom. The number of rotatable bonds is 6. The molecule has 186 valence electrons. The quantitative estimate of drug-likeness (QED) is 0.394. The fourth-order valence-electron chi connectivity index (χ4n) is 4.54. The summed E-state index contributed by atoms with van der Waals surface area (Å²) < 4.78 is 46.2. The zero-order valence-corrected chi connectivity index (χ0v) is 19.5. The van der Waals surface area contributed by atoms with Crippen LogP contribution < -0.4 is 10.2 Å². The van der Waals surface area contributed by atoms with Gasteiger partial charge in [-0.25, -0.2) is 9.50 Å². The van der Waals surface area contributed by atoms with Crippen LogP contribution in [0.3, 0.4) is 0 Å². The Balaban J connectivity index is 1.42. The third kappa shape index (κ3) is 4.76. The minimum absolute atomic E-state index is 0.0746. The molecule has 3 heterocycles. The first kappa shape index (κ1) is 23.8. The predicted molar refractivity (Wildman–Crippen MR) is 130 cm³/mol. The van der Waals surface area contributed by atoms with Gasteiger partial charge in [-0.2, -0.15) is 13.2 Å². The van der Waals surface area contributed by atoms with Crippen molar-refractivity contribution in [1.82, 2.24) is 14.6 Å². The molecule has 0 aliphatic carbocycles. The molecule has 1 N–H and O–H groups in total. The second-order valence-electron chi connectivity index (χ2n) is 8.66. The van der Waals surface area contributed by atoms with E-state index in [0.29, 0.717) is 17.9 Å². The molecule has 1 atom stereocenters. The molecular weight excluding hydrogens is 471 g/mol. The molecular formula is C26H24F3N5O2. The first-order chi connectivity index (χ1) is 17.3. The van der Waals surface area contributed by atoms with Crippen LogP contribution in [0.4, 0.5) is 24.7 Å². The van der Waals surface area contributed by atoms with Gasteiger partial charge in [0, 0.05) is 42.7 Å². The van der Waals surface area contributed by atoms with Gasteiger partial charge < -0.3 is 15.0 Å². The lowest BCUT2D eigenvalue weighted by Crippen LogP contribution is -2.33. The highest BCUT2D eigenvalue weighted by atomic mass is 19.4. The summed E-state index contributed by atoms with van der Waals surface area (Å²) in [6.07, 6.45) is -0.726. The summed E-state index contributed by atoms with van der Waals surface area (Å²) in [7, 11) is 1.69. The van der Waals surface area contributed by atoms with Crippen molar-refractivity contribution < 1.29 is 22.7 Å². The molecule has 2 aromatic carbocycles. The van der Waals surface area contributed by atoms with E-state index in [1.165, 1.54) is 12.1 Å². The summed E-state index contributed by atoms with van der Waals surface area (Å²) in [6, 6.07) is 15.4. The Bertz CT molecular complexity index is 1400. The molecule has 0 saturated carbocycles. The van der Waals surface area contributed by atoms with Gasteiger partial charge in [-0.1, -0.05) is 18.2 Å². The highest BCUT2D eigenvalue weighted by Crippen LogP contribution is 2.31. The lowest BCUT2D eigenvalue weighted by atomic mass is 10.1. The standard InChI is InChI=1S/C26H24F3N5O2/c1-36-16-21-9-4-12-33(21)24-15-23-30-11-10-22(34(23)32-24)17-5-3-8-20(14-17)31-25(35)18-6-2-7-19(13-18)26(27,28)29/h2-3,5-8,10-11,13-15,21H,4,9,12,16H2,1H3,(H,31,35)/t21-/m1/s1. The van der Waals surface area contributed by atoms with Crippen molar-refractivity contribution in [3.63, 3.8) is 0 Å². The summed E-state index contributed by atoms with van der Waals surface area (Å²) in [5, 5.41) is 7.50. The Kier molecular flexibility index (Phi) is 6.36. The maximum absolute atomic E-state index is 13.0. The number of carbonyl (C=O) groups is 1. The van der Waals surface area contributed by atoms with E-state index < -0.39 is 17.6 Å². The number of nitrogens with zero attached hydrogens (tertiary/aromatic N) is 4. The van der Waals surface area contributed by atoms with E-state index in [4.69, 9.17) is 9.84 Å². The van der Waals surface area contributed by atoms with Crippen molar-refractivity contribution in [3.8, 4) is 11.3 Å². The van der Waals surface area contributed by atoms with Gasteiger partial charge in [-0.15, -0.1) is 5.10 Å². The fourth-order valence-corrected chi connectivity index (χ4v) is 4.54. The van der Waals surface area contributed by atoms with E-state index in [-0.39, 0.29) is 11.6 Å². The molecule has 1 aliphatic rings. The first-order valence-corrected chi connectivity index (χ1v) is 11.5. The van der Waals surface area contributed by atoms with E-state index >= 15 is 0 Å². The summed E-state index contributed by atoms with van der Waals surface area (Å²) in [5.74, 6) is 0.196. The zero-order valence-electron chi connectivity index (χ0n) is 19.5. The van der Waals surface area contributed by atoms with Gasteiger partial charge in [0.2, 0.25) is 0 Å². The molecule has 1 amide bonds. The lowest BCUT2D eigenvalue weighted by molar-refractivity contribution is -0.137. The Labute approximate surface area is 205 Å². The van der Waals surface area contributed by atoms with E-state index in [1.54, 1.807) is 36.0 Å². The van der Waals surface area contributed by atoms with Crippen molar-refractivity contribution in [1.29, 1.82) is 0 Å². The molecule has 0 radical (unpaired) electrons. The second-order valence-corrected chi connectivity index (χ2v) is 8.66. The van der Waals surface area contributed by atoms with Gasteiger partial charge >= 0.3 is 6.18 Å². The van der Waals surface area contributed by atoms with Gasteiger partial charge in [0.25, 0.3) is 5.91 Å². The number of ether oxygens (including phenoxy) is 1. The second kappa shape index (κ2) is 9.62. The molecule has 0 spiro atoms. The van der Waals surface area contributed by atoms with Crippen molar-refractivity contribution >= 4 is 23.1 Å². The molecule has 1 aliphatic heterocycles. The number of benzene rings is 2. The van der Waals surface area contributed by atoms with Crippen LogP contribution in [-0.4, -0.2) is 46.8 Å². The van der Waals surface area contributed by atoms with Crippen molar-refractivity contribution in [2.24, 2.45) is 0 Å². The average Bonchev–Trinajstić information content (AvgIpc) is 3.50. The third-order valence-corrected chi connectivity index (χ3v) is 6.24. The highest BCUT2D eigenvalue weighted by molar-refractivity contribution is 6.04. The maximum Gasteiger partial charge on any atom is 0.416 e. The number of fused-ring (bicyclic) bond motifs is 1. The monoisotopic (exact) mass is 495 g/mol. The van der Waals surface area contributed by atoms with Crippen molar-refractivity contribution in [2.75, 3.05) is 30.5 Å². The van der Waals surface area contributed by atoms with Crippen LogP contribution in [0.15, 0.2) is 66.9 Å². The molecule has 2 aromatic heterocycles. The molecule has 0 unspecified atom stereocenters. The van der Waals surface area contributed by atoms with E-state index in [2.05, 4.69) is 15.2 Å². The molecule has 1 fully saturated rings. The number of anilines is 2. The topological polar surface area (TPSA) is 71.8 Å². The zero-order chi connectivity index (χ0) is 25.3. The van der Waals surface area contributed by atoms with Gasteiger partial charge in [0.15, 0.2) is 11.5 Å². The minimum Gasteiger partial charge on any atom is -0.383 e. The molecule has 0 bridgehead atoms. The van der Waals surface area contributed by atoms with Gasteiger partial charge in [0.05, 0.1) is 23.9 Å². The Morgan fingerprint density at radius 3 is 2.78 bits per heavy atom. The summed E-state index contributed by atoms with van der Waals surface area (Å²) >= 11 is 0. The molecule has 10 heteroatoms. The minimum atomic E-state index is -4.52. The van der Waals surface area contributed by atoms with E-state index in [9.17, 15) is 18.0 Å². The smallest absolute Gasteiger partial charge is 0.383 e. The largest absolute Gasteiger partial charge is 0.416 e. The van der Waals surface area contributed by atoms with Crippen LogP contribution in [0.25, 0.3) is 16.9 Å². The lowest BCUT2D eigenvalue weighted by Gasteiger charge is -2.23. The summed E-state index contributed by atoms with van der Waals surface area (Å²) in [5.41, 5.74) is 1.73. The summed E-state index contributed by atoms with van der Waals surface area (Å²) in [4.78, 5) is 19.3. The summed E-state index contributed by atoms with van der Waals surface area (Å²) in [6.45, 7) is 1.52. The maximum atomic E-state index is 13.0. The molecule has 36 heavy (non-hydrogen) atoms. The highest BCUT2D eigenvalue weighted by Gasteiger charge is 2.31. The van der Waals surface area contributed by atoms with Crippen LogP contribution in [0.2, 0.25) is 0 Å². The number of amides is 1. The Hall–Kier alpha value is -3.92. The predicted octanol–water partition coefficient (Wildman–Crippen LogP) is 5.28. The Morgan fingerprint density at radius 2 is 1.97 bits per heavy atom. The van der Waals surface area contributed by atoms with Crippen molar-refractivity contribution in [3.05, 3.63) is 78.0 Å². The number of carbonyl (C=O) groups excluding carboxylic acids is 1. The van der Waals surface area contributed by atoms with Crippen LogP contribution in [0.5, 0.6) is 0 Å². The van der Waals surface area contributed by atoms with Crippen LogP contribution in [0, 0.1) is 0 Å². The first-order valence-electron chi connectivity index (χ1n) is 11.5. The molecule has 4 aromatic rings. The third-order valence-electron chi connectivity index (χ3n) is 6.24. The van der Waals surface area contributed by atoms with Crippen LogP contribution >= 0.6 is 0 Å². The fraction of sp³-hybridized carbons (Fsp3) is 0.269. The number of alkyl halides is 3. The van der Waals surface area contributed by atoms with Gasteiger partial charge in [0.1, 0.15) is 0 Å². The number of halogens is 3. The number of aromatic nitrogens is 3. The molecule has 1 saturated heterocycles. The molecule has 7 nitrogen and oxygen atoms in total. The molecule has 5 rings (SSSR count). The number of nitrogens with one attached hydrogen (secondary N) is 1. The van der Waals surface area contributed by atoms with E-state index in [1.807, 2.05) is 18.2 Å². The SMILES string of the molecule is COC[C@H]1CCCN1c1cc2nccc(-c3cccc(NC(=O)c4cccc(C(F)(F)F)c4)c3)n2n1. The van der Waals surface area contributed by atoms with Crippen LogP contribution in [-0.2, 0) is 10.9 Å². The van der Waals surface area contributed by atoms with Crippen molar-refractivity contribution in [2.45, 2.75) is 25.1 Å². The van der Waals surface area contributed by atoms with Gasteiger partial charge in [-0.05, 0) is 49.2 Å². The van der Waals surface area contributed by atoms with E-state index in [0.717, 1.165) is 48.6 Å². The van der Waals surface area contributed by atoms with Crippen LogP contribution in [0.1, 0.15) is 28.8 Å².